The molecule has 4 heteroatoms. The average molecular weight is 230 g/mol. The molecule has 90 valence electrons. The first kappa shape index (κ1) is 10.6. The zero-order valence-corrected chi connectivity index (χ0v) is 10.1. The molecule has 0 spiro atoms. The maximum absolute atomic E-state index is 5.76. The molecule has 2 heterocycles. The number of imidazole rings is 1. The van der Waals surface area contributed by atoms with Crippen molar-refractivity contribution >= 4 is 16.7 Å². The minimum Gasteiger partial charge on any atom is -0.399 e. The van der Waals surface area contributed by atoms with Gasteiger partial charge in [0.2, 0.25) is 0 Å². The van der Waals surface area contributed by atoms with Crippen molar-refractivity contribution in [2.45, 2.75) is 19.9 Å². The fourth-order valence-corrected chi connectivity index (χ4v) is 2.54. The van der Waals surface area contributed by atoms with Gasteiger partial charge >= 0.3 is 0 Å². The predicted octanol–water partition coefficient (Wildman–Crippen LogP) is 1.99. The number of hydrogen-bond donors (Lipinski definition) is 2. The fraction of sp³-hybridized carbons (Fsp3) is 0.462. The molecule has 1 aromatic heterocycles. The van der Waals surface area contributed by atoms with Crippen molar-refractivity contribution in [1.82, 2.24) is 14.9 Å². The number of likely N-dealkylation sites (tertiary alicyclic amines) is 1. The number of hydrogen-bond acceptors (Lipinski definition) is 3. The van der Waals surface area contributed by atoms with Gasteiger partial charge in [0.05, 0.1) is 17.6 Å². The topological polar surface area (TPSA) is 57.9 Å². The molecule has 0 aliphatic carbocycles. The van der Waals surface area contributed by atoms with Gasteiger partial charge in [-0.3, -0.25) is 4.90 Å². The number of nitrogens with zero attached hydrogens (tertiary/aromatic N) is 2. The SMILES string of the molecule is CC1CCN(Cc2nc3ccc(N)cc3[nH]2)C1. The van der Waals surface area contributed by atoms with Crippen LogP contribution in [0.25, 0.3) is 11.0 Å². The molecule has 0 amide bonds. The molecule has 0 bridgehead atoms. The van der Waals surface area contributed by atoms with Crippen molar-refractivity contribution < 1.29 is 0 Å². The third-order valence-corrected chi connectivity index (χ3v) is 3.44. The van der Waals surface area contributed by atoms with E-state index in [1.165, 1.54) is 19.5 Å². The second kappa shape index (κ2) is 4.04. The summed E-state index contributed by atoms with van der Waals surface area (Å²) in [6, 6.07) is 5.81. The number of anilines is 1. The number of nitrogens with two attached hydrogens (primary N) is 1. The highest BCUT2D eigenvalue weighted by molar-refractivity contribution is 5.78. The quantitative estimate of drug-likeness (QED) is 0.776. The largest absolute Gasteiger partial charge is 0.399 e. The first-order valence-corrected chi connectivity index (χ1v) is 6.17. The van der Waals surface area contributed by atoms with Crippen molar-refractivity contribution in [3.05, 3.63) is 24.0 Å². The number of aromatic nitrogens is 2. The molecule has 3 N–H and O–H groups in total. The highest BCUT2D eigenvalue weighted by atomic mass is 15.2. The monoisotopic (exact) mass is 230 g/mol. The van der Waals surface area contributed by atoms with Crippen LogP contribution in [-0.2, 0) is 6.54 Å². The molecule has 1 saturated heterocycles. The molecule has 1 aliphatic heterocycles. The molecule has 1 unspecified atom stereocenters. The summed E-state index contributed by atoms with van der Waals surface area (Å²) in [4.78, 5) is 10.4. The van der Waals surface area contributed by atoms with Crippen LogP contribution in [0, 0.1) is 5.92 Å². The molecular formula is C13H18N4. The number of benzene rings is 1. The minimum absolute atomic E-state index is 0.780. The van der Waals surface area contributed by atoms with E-state index >= 15 is 0 Å². The van der Waals surface area contributed by atoms with Crippen LogP contribution in [0.4, 0.5) is 5.69 Å². The van der Waals surface area contributed by atoms with Crippen molar-refractivity contribution in [1.29, 1.82) is 0 Å². The molecule has 1 aromatic carbocycles. The Hall–Kier alpha value is -1.55. The summed E-state index contributed by atoms with van der Waals surface area (Å²) in [5.41, 5.74) is 8.57. The molecule has 0 saturated carbocycles. The first-order valence-electron chi connectivity index (χ1n) is 6.17. The van der Waals surface area contributed by atoms with E-state index in [0.717, 1.165) is 35.0 Å². The van der Waals surface area contributed by atoms with Gasteiger partial charge in [-0.05, 0) is 37.1 Å². The summed E-state index contributed by atoms with van der Waals surface area (Å²) in [5, 5.41) is 0. The summed E-state index contributed by atoms with van der Waals surface area (Å²) in [7, 11) is 0. The highest BCUT2D eigenvalue weighted by Crippen LogP contribution is 2.19. The lowest BCUT2D eigenvalue weighted by Crippen LogP contribution is -2.20. The Bertz CT molecular complexity index is 531. The van der Waals surface area contributed by atoms with Crippen LogP contribution in [0.2, 0.25) is 0 Å². The Morgan fingerprint density at radius 1 is 1.53 bits per heavy atom. The Morgan fingerprint density at radius 2 is 2.41 bits per heavy atom. The van der Waals surface area contributed by atoms with E-state index in [4.69, 9.17) is 5.73 Å². The molecule has 3 rings (SSSR count). The third kappa shape index (κ3) is 2.13. The first-order chi connectivity index (χ1) is 8.20. The van der Waals surface area contributed by atoms with Crippen LogP contribution >= 0.6 is 0 Å². The van der Waals surface area contributed by atoms with Gasteiger partial charge in [0, 0.05) is 12.2 Å². The number of aromatic amines is 1. The summed E-state index contributed by atoms with van der Waals surface area (Å²) in [5.74, 6) is 1.86. The van der Waals surface area contributed by atoms with Gasteiger partial charge in [-0.15, -0.1) is 0 Å². The van der Waals surface area contributed by atoms with Crippen molar-refractivity contribution in [2.75, 3.05) is 18.8 Å². The number of rotatable bonds is 2. The average Bonchev–Trinajstić information content (AvgIpc) is 2.84. The van der Waals surface area contributed by atoms with Crippen LogP contribution in [-0.4, -0.2) is 28.0 Å². The van der Waals surface area contributed by atoms with E-state index in [1.54, 1.807) is 0 Å². The van der Waals surface area contributed by atoms with Crippen molar-refractivity contribution in [3.63, 3.8) is 0 Å². The van der Waals surface area contributed by atoms with E-state index < -0.39 is 0 Å². The summed E-state index contributed by atoms with van der Waals surface area (Å²) in [6.07, 6.45) is 1.30. The Morgan fingerprint density at radius 3 is 3.18 bits per heavy atom. The van der Waals surface area contributed by atoms with E-state index in [1.807, 2.05) is 18.2 Å². The van der Waals surface area contributed by atoms with Crippen LogP contribution < -0.4 is 5.73 Å². The maximum Gasteiger partial charge on any atom is 0.121 e. The summed E-state index contributed by atoms with van der Waals surface area (Å²) < 4.78 is 0. The second-order valence-corrected chi connectivity index (χ2v) is 5.09. The van der Waals surface area contributed by atoms with Gasteiger partial charge in [0.1, 0.15) is 5.82 Å². The standard InChI is InChI=1S/C13H18N4/c1-9-4-5-17(7-9)8-13-15-11-3-2-10(14)6-12(11)16-13/h2-3,6,9H,4-5,7-8,14H2,1H3,(H,15,16). The molecule has 4 nitrogen and oxygen atoms in total. The molecule has 0 radical (unpaired) electrons. The minimum atomic E-state index is 0.780. The Labute approximate surface area is 101 Å². The van der Waals surface area contributed by atoms with E-state index in [-0.39, 0.29) is 0 Å². The molecule has 1 atom stereocenters. The zero-order valence-electron chi connectivity index (χ0n) is 10.1. The lowest BCUT2D eigenvalue weighted by molar-refractivity contribution is 0.313. The van der Waals surface area contributed by atoms with Crippen molar-refractivity contribution in [2.24, 2.45) is 5.92 Å². The third-order valence-electron chi connectivity index (χ3n) is 3.44. The van der Waals surface area contributed by atoms with Gasteiger partial charge in [0.15, 0.2) is 0 Å². The lowest BCUT2D eigenvalue weighted by atomic mass is 10.2. The normalized spacial score (nSPS) is 21.4. The van der Waals surface area contributed by atoms with Gasteiger partial charge in [-0.25, -0.2) is 4.98 Å². The molecule has 2 aromatic rings. The number of nitrogens with one attached hydrogen (secondary N) is 1. The van der Waals surface area contributed by atoms with Crippen LogP contribution in [0.5, 0.6) is 0 Å². The van der Waals surface area contributed by atoms with Gasteiger partial charge in [-0.1, -0.05) is 6.92 Å². The smallest absolute Gasteiger partial charge is 0.121 e. The van der Waals surface area contributed by atoms with Crippen LogP contribution in [0.1, 0.15) is 19.2 Å². The lowest BCUT2D eigenvalue weighted by Gasteiger charge is -2.12. The van der Waals surface area contributed by atoms with E-state index in [0.29, 0.717) is 0 Å². The van der Waals surface area contributed by atoms with Gasteiger partial charge in [-0.2, -0.15) is 0 Å². The molecule has 1 fully saturated rings. The molecular weight excluding hydrogens is 212 g/mol. The van der Waals surface area contributed by atoms with Gasteiger partial charge < -0.3 is 10.7 Å². The van der Waals surface area contributed by atoms with Gasteiger partial charge in [0.25, 0.3) is 0 Å². The van der Waals surface area contributed by atoms with Crippen molar-refractivity contribution in [3.8, 4) is 0 Å². The zero-order chi connectivity index (χ0) is 11.8. The summed E-state index contributed by atoms with van der Waals surface area (Å²) in [6.45, 7) is 5.58. The maximum atomic E-state index is 5.76. The van der Waals surface area contributed by atoms with Crippen LogP contribution in [0.15, 0.2) is 18.2 Å². The summed E-state index contributed by atoms with van der Waals surface area (Å²) >= 11 is 0. The highest BCUT2D eigenvalue weighted by Gasteiger charge is 2.19. The Kier molecular flexibility index (Phi) is 2.52. The Balaban J connectivity index is 1.81. The number of fused-ring (bicyclic) bond motifs is 1. The van der Waals surface area contributed by atoms with E-state index in [9.17, 15) is 0 Å². The second-order valence-electron chi connectivity index (χ2n) is 5.09. The number of nitrogen functional groups attached to an aromatic ring is 1. The van der Waals surface area contributed by atoms with E-state index in [2.05, 4.69) is 21.8 Å². The molecule has 1 aliphatic rings. The number of H-pyrrole nitrogens is 1. The molecule has 17 heavy (non-hydrogen) atoms. The van der Waals surface area contributed by atoms with Crippen LogP contribution in [0.3, 0.4) is 0 Å². The predicted molar refractivity (Wildman–Crippen MR) is 69.6 cm³/mol. The fourth-order valence-electron chi connectivity index (χ4n) is 2.54.